The Morgan fingerprint density at radius 2 is 0.623 bits per heavy atom. The van der Waals surface area contributed by atoms with E-state index in [0.29, 0.717) is 19.3 Å². The molecule has 0 aliphatic carbocycles. The van der Waals surface area contributed by atoms with Crippen molar-refractivity contribution in [1.29, 1.82) is 0 Å². The van der Waals surface area contributed by atoms with Crippen molar-refractivity contribution < 1.29 is 28.6 Å². The number of rotatable bonds is 47. The van der Waals surface area contributed by atoms with Gasteiger partial charge < -0.3 is 14.2 Å². The molecule has 0 saturated carbocycles. The van der Waals surface area contributed by atoms with E-state index in [1.54, 1.807) is 0 Å². The summed E-state index contributed by atoms with van der Waals surface area (Å²) < 4.78 is 16.8. The highest BCUT2D eigenvalue weighted by Gasteiger charge is 2.19. The second-order valence-corrected chi connectivity index (χ2v) is 17.4. The average molecular weight is 855 g/mol. The maximum absolute atomic E-state index is 12.8. The third-order valence-electron chi connectivity index (χ3n) is 11.3. The molecule has 0 bridgehead atoms. The fourth-order valence-corrected chi connectivity index (χ4v) is 7.29. The quantitative estimate of drug-likeness (QED) is 0.0263. The van der Waals surface area contributed by atoms with E-state index in [-0.39, 0.29) is 31.1 Å². The zero-order chi connectivity index (χ0) is 44.4. The second-order valence-electron chi connectivity index (χ2n) is 17.4. The molecule has 354 valence electrons. The summed E-state index contributed by atoms with van der Waals surface area (Å²) in [6, 6.07) is 0. The number of allylic oxidation sites excluding steroid dienone is 8. The molecule has 0 spiro atoms. The lowest BCUT2D eigenvalue weighted by Gasteiger charge is -2.18. The molecule has 0 N–H and O–H groups in total. The molecule has 0 fully saturated rings. The van der Waals surface area contributed by atoms with Crippen LogP contribution in [0.2, 0.25) is 0 Å². The lowest BCUT2D eigenvalue weighted by molar-refractivity contribution is -0.167. The van der Waals surface area contributed by atoms with E-state index < -0.39 is 6.10 Å². The minimum atomic E-state index is -0.782. The van der Waals surface area contributed by atoms with Crippen LogP contribution in [0.1, 0.15) is 265 Å². The summed E-state index contributed by atoms with van der Waals surface area (Å²) >= 11 is 0. The normalized spacial score (nSPS) is 12.4. The first-order chi connectivity index (χ1) is 30.0. The summed E-state index contributed by atoms with van der Waals surface area (Å²) in [5.74, 6) is -0.903. The fraction of sp³-hybridized carbons (Fsp3) is 0.800. The van der Waals surface area contributed by atoms with Gasteiger partial charge in [0.1, 0.15) is 13.2 Å². The first-order valence-corrected chi connectivity index (χ1v) is 26.1. The SMILES string of the molecule is CCC/C=C\CCCCCCCC(=O)OCC(COC(=O)CCCCCCCCC/C=C\C/C=C\CCCCC)OC(=O)CCCCCCC/C=C\CCCCCCCCC. The molecule has 0 aliphatic rings. The Labute approximate surface area is 378 Å². The van der Waals surface area contributed by atoms with Gasteiger partial charge in [0.25, 0.3) is 0 Å². The first-order valence-electron chi connectivity index (χ1n) is 26.1. The molecule has 0 radical (unpaired) electrons. The molecule has 0 heterocycles. The smallest absolute Gasteiger partial charge is 0.306 e. The van der Waals surface area contributed by atoms with E-state index in [2.05, 4.69) is 69.4 Å². The van der Waals surface area contributed by atoms with Crippen LogP contribution in [0, 0.1) is 0 Å². The predicted octanol–water partition coefficient (Wildman–Crippen LogP) is 17.1. The minimum absolute atomic E-state index is 0.0826. The number of ether oxygens (including phenoxy) is 3. The maximum Gasteiger partial charge on any atom is 0.306 e. The van der Waals surface area contributed by atoms with Crippen molar-refractivity contribution in [1.82, 2.24) is 0 Å². The molecule has 0 aromatic heterocycles. The molecule has 6 heteroatoms. The number of carbonyl (C=O) groups is 3. The zero-order valence-corrected chi connectivity index (χ0v) is 40.4. The van der Waals surface area contributed by atoms with E-state index in [0.717, 1.165) is 96.3 Å². The molecular formula is C55H98O6. The zero-order valence-electron chi connectivity index (χ0n) is 40.4. The lowest BCUT2D eigenvalue weighted by atomic mass is 10.1. The van der Waals surface area contributed by atoms with Gasteiger partial charge in [-0.25, -0.2) is 0 Å². The summed E-state index contributed by atoms with van der Waals surface area (Å²) in [6.07, 6.45) is 59.5. The van der Waals surface area contributed by atoms with Gasteiger partial charge in [0.2, 0.25) is 0 Å². The second kappa shape index (κ2) is 50.0. The van der Waals surface area contributed by atoms with Gasteiger partial charge in [0, 0.05) is 19.3 Å². The summed E-state index contributed by atoms with van der Waals surface area (Å²) in [5.41, 5.74) is 0. The van der Waals surface area contributed by atoms with Gasteiger partial charge in [-0.3, -0.25) is 14.4 Å². The van der Waals surface area contributed by atoms with Crippen LogP contribution in [0.25, 0.3) is 0 Å². The number of unbranched alkanes of at least 4 members (excludes halogenated alkanes) is 28. The van der Waals surface area contributed by atoms with E-state index in [4.69, 9.17) is 14.2 Å². The van der Waals surface area contributed by atoms with E-state index in [1.165, 1.54) is 128 Å². The van der Waals surface area contributed by atoms with Crippen LogP contribution in [0.4, 0.5) is 0 Å². The molecule has 61 heavy (non-hydrogen) atoms. The minimum Gasteiger partial charge on any atom is -0.462 e. The van der Waals surface area contributed by atoms with Gasteiger partial charge in [0.15, 0.2) is 6.10 Å². The van der Waals surface area contributed by atoms with Crippen LogP contribution >= 0.6 is 0 Å². The van der Waals surface area contributed by atoms with Crippen molar-refractivity contribution in [2.45, 2.75) is 271 Å². The van der Waals surface area contributed by atoms with Crippen molar-refractivity contribution in [2.24, 2.45) is 0 Å². The molecule has 0 aromatic carbocycles. The van der Waals surface area contributed by atoms with E-state index >= 15 is 0 Å². The number of carbonyl (C=O) groups excluding carboxylic acids is 3. The van der Waals surface area contributed by atoms with Crippen LogP contribution in [-0.2, 0) is 28.6 Å². The fourth-order valence-electron chi connectivity index (χ4n) is 7.29. The van der Waals surface area contributed by atoms with Gasteiger partial charge >= 0.3 is 17.9 Å². The van der Waals surface area contributed by atoms with E-state index in [1.807, 2.05) is 0 Å². The van der Waals surface area contributed by atoms with Crippen molar-refractivity contribution in [2.75, 3.05) is 13.2 Å². The standard InChI is InChI=1S/C55H98O6/c1-4-7-10-13-16-19-22-24-26-28-30-31-33-36-39-42-45-48-54(57)60-51-52(50-59-53(56)47-44-41-38-35-21-18-15-12-9-6-3)61-55(58)49-46-43-40-37-34-32-29-27-25-23-20-17-14-11-8-5-2/h12,15-16,19,24,26-27,29,52H,4-11,13-14,17-18,20-23,25,28,30-51H2,1-3H3/b15-12-,19-16-,26-24-,29-27-. The molecule has 0 rings (SSSR count). The highest BCUT2D eigenvalue weighted by atomic mass is 16.6. The summed E-state index contributed by atoms with van der Waals surface area (Å²) in [5, 5.41) is 0. The Morgan fingerprint density at radius 1 is 0.328 bits per heavy atom. The Morgan fingerprint density at radius 3 is 1.02 bits per heavy atom. The van der Waals surface area contributed by atoms with E-state index in [9.17, 15) is 14.4 Å². The topological polar surface area (TPSA) is 78.9 Å². The monoisotopic (exact) mass is 855 g/mol. The summed E-state index contributed by atoms with van der Waals surface area (Å²) in [7, 11) is 0. The van der Waals surface area contributed by atoms with Crippen molar-refractivity contribution in [3.8, 4) is 0 Å². The van der Waals surface area contributed by atoms with Crippen molar-refractivity contribution in [3.05, 3.63) is 48.6 Å². The molecule has 1 atom stereocenters. The Hall–Kier alpha value is -2.63. The highest BCUT2D eigenvalue weighted by Crippen LogP contribution is 2.14. The first kappa shape index (κ1) is 58.4. The van der Waals surface area contributed by atoms with Gasteiger partial charge in [-0.1, -0.05) is 198 Å². The van der Waals surface area contributed by atoms with Gasteiger partial charge in [-0.2, -0.15) is 0 Å². The number of hydrogen-bond donors (Lipinski definition) is 0. The van der Waals surface area contributed by atoms with Crippen molar-refractivity contribution >= 4 is 17.9 Å². The predicted molar refractivity (Wildman–Crippen MR) is 261 cm³/mol. The van der Waals surface area contributed by atoms with Crippen LogP contribution < -0.4 is 0 Å². The van der Waals surface area contributed by atoms with Crippen molar-refractivity contribution in [3.63, 3.8) is 0 Å². The third kappa shape index (κ3) is 48.3. The van der Waals surface area contributed by atoms with Gasteiger partial charge in [-0.05, 0) is 96.3 Å². The Bertz CT molecular complexity index is 1070. The third-order valence-corrected chi connectivity index (χ3v) is 11.3. The Balaban J connectivity index is 4.36. The number of hydrogen-bond acceptors (Lipinski definition) is 6. The summed E-state index contributed by atoms with van der Waals surface area (Å²) in [6.45, 7) is 6.54. The number of esters is 3. The molecule has 0 amide bonds. The van der Waals surface area contributed by atoms with Gasteiger partial charge in [-0.15, -0.1) is 0 Å². The van der Waals surface area contributed by atoms with Gasteiger partial charge in [0.05, 0.1) is 0 Å². The lowest BCUT2D eigenvalue weighted by Crippen LogP contribution is -2.30. The average Bonchev–Trinajstić information content (AvgIpc) is 3.26. The molecule has 0 aromatic rings. The van der Waals surface area contributed by atoms with Crippen LogP contribution in [0.3, 0.4) is 0 Å². The van der Waals surface area contributed by atoms with Crippen LogP contribution in [0.5, 0.6) is 0 Å². The Kier molecular flexibility index (Phi) is 47.9. The molecule has 0 saturated heterocycles. The summed E-state index contributed by atoms with van der Waals surface area (Å²) in [4.78, 5) is 37.9. The molecule has 1 unspecified atom stereocenters. The largest absolute Gasteiger partial charge is 0.462 e. The molecule has 0 aliphatic heterocycles. The van der Waals surface area contributed by atoms with Crippen LogP contribution in [0.15, 0.2) is 48.6 Å². The maximum atomic E-state index is 12.8. The molecular weight excluding hydrogens is 757 g/mol. The van der Waals surface area contributed by atoms with Crippen LogP contribution in [-0.4, -0.2) is 37.2 Å². The molecule has 6 nitrogen and oxygen atoms in total. The highest BCUT2D eigenvalue weighted by molar-refractivity contribution is 5.71.